The third kappa shape index (κ3) is 3.80. The van der Waals surface area contributed by atoms with Crippen molar-refractivity contribution in [3.8, 4) is 5.75 Å². The summed E-state index contributed by atoms with van der Waals surface area (Å²) in [4.78, 5) is 17.1. The number of hydrogen-bond donors (Lipinski definition) is 2. The molecule has 0 spiro atoms. The summed E-state index contributed by atoms with van der Waals surface area (Å²) in [6, 6.07) is 21.3. The third-order valence-corrected chi connectivity index (χ3v) is 5.48. The Labute approximate surface area is 165 Å². The lowest BCUT2D eigenvalue weighted by Gasteiger charge is -2.38. The highest BCUT2D eigenvalue weighted by atomic mass is 16.3. The Balaban J connectivity index is 1.37. The number of para-hydroxylation sites is 2. The second kappa shape index (κ2) is 7.90. The first-order valence-corrected chi connectivity index (χ1v) is 9.68. The molecule has 5 nitrogen and oxygen atoms in total. The molecule has 0 aromatic heterocycles. The first-order valence-electron chi connectivity index (χ1n) is 9.68. The molecule has 0 bridgehead atoms. The Kier molecular flexibility index (Phi) is 5.17. The molecule has 1 fully saturated rings. The van der Waals surface area contributed by atoms with E-state index in [2.05, 4.69) is 21.2 Å². The third-order valence-electron chi connectivity index (χ3n) is 5.48. The zero-order chi connectivity index (χ0) is 19.5. The fourth-order valence-corrected chi connectivity index (χ4v) is 3.76. The van der Waals surface area contributed by atoms with Gasteiger partial charge in [0.1, 0.15) is 5.75 Å². The number of carbonyl (C=O) groups excluding carboxylic acids is 1. The van der Waals surface area contributed by atoms with E-state index < -0.39 is 0 Å². The zero-order valence-electron chi connectivity index (χ0n) is 16.0. The first kappa shape index (κ1) is 18.3. The number of phenols is 1. The molecular weight excluding hydrogens is 350 g/mol. The van der Waals surface area contributed by atoms with Crippen LogP contribution in [0, 0.1) is 0 Å². The second-order valence-electron chi connectivity index (χ2n) is 7.24. The molecule has 2 N–H and O–H groups in total. The number of fused-ring (bicyclic) bond motifs is 1. The van der Waals surface area contributed by atoms with Gasteiger partial charge in [-0.25, -0.2) is 0 Å². The smallest absolute Gasteiger partial charge is 0.241 e. The van der Waals surface area contributed by atoms with Crippen LogP contribution in [0.5, 0.6) is 5.75 Å². The molecule has 3 aromatic rings. The number of phenolic OH excluding ortho intramolecular Hbond substituents is 1. The number of amides is 1. The molecule has 1 heterocycles. The van der Waals surface area contributed by atoms with Crippen LogP contribution in [-0.2, 0) is 4.79 Å². The van der Waals surface area contributed by atoms with Gasteiger partial charge in [0.05, 0.1) is 11.7 Å². The van der Waals surface area contributed by atoms with Gasteiger partial charge in [-0.05, 0) is 42.0 Å². The molecule has 1 atom stereocenters. The predicted octanol–water partition coefficient (Wildman–Crippen LogP) is 3.69. The van der Waals surface area contributed by atoms with E-state index in [4.69, 9.17) is 0 Å². The minimum absolute atomic E-state index is 0.00582. The SMILES string of the molecule is CC(C(=O)Nc1ccc2ccccc2c1)N1CCN(c2ccccc2O)CC1. The summed E-state index contributed by atoms with van der Waals surface area (Å²) < 4.78 is 0. The molecule has 0 aliphatic carbocycles. The number of aromatic hydroxyl groups is 1. The summed E-state index contributed by atoms with van der Waals surface area (Å²) in [7, 11) is 0. The van der Waals surface area contributed by atoms with E-state index >= 15 is 0 Å². The molecule has 0 radical (unpaired) electrons. The molecule has 1 aliphatic heterocycles. The van der Waals surface area contributed by atoms with Crippen LogP contribution < -0.4 is 10.2 Å². The van der Waals surface area contributed by atoms with Crippen LogP contribution in [0.15, 0.2) is 66.7 Å². The first-order chi connectivity index (χ1) is 13.6. The summed E-state index contributed by atoms with van der Waals surface area (Å²) in [5.41, 5.74) is 1.68. The summed E-state index contributed by atoms with van der Waals surface area (Å²) in [5, 5.41) is 15.4. The molecular formula is C23H25N3O2. The number of hydrogen-bond acceptors (Lipinski definition) is 4. The van der Waals surface area contributed by atoms with Crippen LogP contribution in [0.2, 0.25) is 0 Å². The fourth-order valence-electron chi connectivity index (χ4n) is 3.76. The van der Waals surface area contributed by atoms with Crippen LogP contribution in [0.4, 0.5) is 11.4 Å². The van der Waals surface area contributed by atoms with Crippen LogP contribution in [0.3, 0.4) is 0 Å². The average molecular weight is 375 g/mol. The molecule has 3 aromatic carbocycles. The van der Waals surface area contributed by atoms with E-state index in [-0.39, 0.29) is 11.9 Å². The molecule has 0 saturated carbocycles. The van der Waals surface area contributed by atoms with Crippen LogP contribution in [0.25, 0.3) is 10.8 Å². The topological polar surface area (TPSA) is 55.8 Å². The largest absolute Gasteiger partial charge is 0.506 e. The molecule has 5 heteroatoms. The summed E-state index contributed by atoms with van der Waals surface area (Å²) >= 11 is 0. The lowest BCUT2D eigenvalue weighted by molar-refractivity contribution is -0.120. The minimum Gasteiger partial charge on any atom is -0.506 e. The second-order valence-corrected chi connectivity index (χ2v) is 7.24. The molecule has 1 unspecified atom stereocenters. The quantitative estimate of drug-likeness (QED) is 0.730. The normalized spacial score (nSPS) is 16.1. The highest BCUT2D eigenvalue weighted by Gasteiger charge is 2.26. The Morgan fingerprint density at radius 2 is 1.61 bits per heavy atom. The van der Waals surface area contributed by atoms with Crippen molar-refractivity contribution in [2.45, 2.75) is 13.0 Å². The van der Waals surface area contributed by atoms with Crippen molar-refractivity contribution in [3.63, 3.8) is 0 Å². The number of anilines is 2. The molecule has 1 amide bonds. The van der Waals surface area contributed by atoms with Gasteiger partial charge < -0.3 is 15.3 Å². The number of nitrogens with zero attached hydrogens (tertiary/aromatic N) is 2. The van der Waals surface area contributed by atoms with Crippen molar-refractivity contribution in [2.75, 3.05) is 36.4 Å². The molecule has 1 saturated heterocycles. The minimum atomic E-state index is -0.210. The highest BCUT2D eigenvalue weighted by molar-refractivity contribution is 5.97. The highest BCUT2D eigenvalue weighted by Crippen LogP contribution is 2.27. The molecule has 144 valence electrons. The van der Waals surface area contributed by atoms with E-state index in [9.17, 15) is 9.90 Å². The van der Waals surface area contributed by atoms with Gasteiger partial charge in [-0.1, -0.05) is 42.5 Å². The maximum atomic E-state index is 12.7. The van der Waals surface area contributed by atoms with Gasteiger partial charge in [0.2, 0.25) is 5.91 Å². The number of carbonyl (C=O) groups is 1. The average Bonchev–Trinajstić information content (AvgIpc) is 2.73. The van der Waals surface area contributed by atoms with E-state index in [0.29, 0.717) is 5.75 Å². The van der Waals surface area contributed by atoms with E-state index in [0.717, 1.165) is 48.3 Å². The van der Waals surface area contributed by atoms with Crippen molar-refractivity contribution in [1.29, 1.82) is 0 Å². The maximum Gasteiger partial charge on any atom is 0.241 e. The summed E-state index contributed by atoms with van der Waals surface area (Å²) in [6.45, 7) is 5.07. The van der Waals surface area contributed by atoms with Crippen molar-refractivity contribution < 1.29 is 9.90 Å². The number of nitrogens with one attached hydrogen (secondary N) is 1. The Hall–Kier alpha value is -3.05. The van der Waals surface area contributed by atoms with Crippen molar-refractivity contribution in [3.05, 3.63) is 66.7 Å². The number of rotatable bonds is 4. The Morgan fingerprint density at radius 3 is 2.36 bits per heavy atom. The van der Waals surface area contributed by atoms with Crippen molar-refractivity contribution >= 4 is 28.1 Å². The standard InChI is InChI=1S/C23H25N3O2/c1-17(23(28)24-20-11-10-18-6-2-3-7-19(18)16-20)25-12-14-26(15-13-25)21-8-4-5-9-22(21)27/h2-11,16-17,27H,12-15H2,1H3,(H,24,28). The monoisotopic (exact) mass is 375 g/mol. The van der Waals surface area contributed by atoms with Crippen molar-refractivity contribution in [1.82, 2.24) is 4.90 Å². The van der Waals surface area contributed by atoms with Gasteiger partial charge in [0.25, 0.3) is 0 Å². The van der Waals surface area contributed by atoms with E-state index in [1.54, 1.807) is 6.07 Å². The fraction of sp³-hybridized carbons (Fsp3) is 0.261. The van der Waals surface area contributed by atoms with Gasteiger partial charge in [0, 0.05) is 31.9 Å². The zero-order valence-corrected chi connectivity index (χ0v) is 16.0. The van der Waals surface area contributed by atoms with Gasteiger partial charge in [-0.15, -0.1) is 0 Å². The predicted molar refractivity (Wildman–Crippen MR) is 114 cm³/mol. The van der Waals surface area contributed by atoms with E-state index in [1.807, 2.05) is 61.5 Å². The van der Waals surface area contributed by atoms with Crippen LogP contribution in [-0.4, -0.2) is 48.1 Å². The Morgan fingerprint density at radius 1 is 0.929 bits per heavy atom. The number of benzene rings is 3. The van der Waals surface area contributed by atoms with Gasteiger partial charge in [-0.2, -0.15) is 0 Å². The lowest BCUT2D eigenvalue weighted by Crippen LogP contribution is -2.52. The summed E-state index contributed by atoms with van der Waals surface area (Å²) in [6.07, 6.45) is 0. The van der Waals surface area contributed by atoms with Gasteiger partial charge >= 0.3 is 0 Å². The maximum absolute atomic E-state index is 12.7. The van der Waals surface area contributed by atoms with Crippen molar-refractivity contribution in [2.24, 2.45) is 0 Å². The molecule has 1 aliphatic rings. The van der Waals surface area contributed by atoms with Gasteiger partial charge in [-0.3, -0.25) is 9.69 Å². The van der Waals surface area contributed by atoms with E-state index in [1.165, 1.54) is 0 Å². The lowest BCUT2D eigenvalue weighted by atomic mass is 10.1. The van der Waals surface area contributed by atoms with Crippen LogP contribution in [0.1, 0.15) is 6.92 Å². The molecule has 28 heavy (non-hydrogen) atoms. The Bertz CT molecular complexity index is 980. The summed E-state index contributed by atoms with van der Waals surface area (Å²) in [5.74, 6) is 0.310. The van der Waals surface area contributed by atoms with Crippen LogP contribution >= 0.6 is 0 Å². The molecule has 4 rings (SSSR count). The number of piperazine rings is 1. The van der Waals surface area contributed by atoms with Gasteiger partial charge in [0.15, 0.2) is 0 Å².